The Labute approximate surface area is 78.0 Å². The largest absolute Gasteiger partial charge is 0.480 e. The highest BCUT2D eigenvalue weighted by Crippen LogP contribution is 2.11. The van der Waals surface area contributed by atoms with Crippen LogP contribution >= 0.6 is 0 Å². The maximum atomic E-state index is 10.7. The first-order valence-electron chi connectivity index (χ1n) is 4.86. The van der Waals surface area contributed by atoms with Gasteiger partial charge in [0, 0.05) is 0 Å². The lowest BCUT2D eigenvalue weighted by Gasteiger charge is -2.18. The summed E-state index contributed by atoms with van der Waals surface area (Å²) in [6.07, 6.45) is 3.97. The molecule has 0 radical (unpaired) electrons. The SMILES string of the molecule is O=C(O)C1NCCCCCCC1O. The molecule has 1 saturated heterocycles. The molecule has 4 heteroatoms. The average molecular weight is 187 g/mol. The maximum absolute atomic E-state index is 10.7. The zero-order valence-corrected chi connectivity index (χ0v) is 7.70. The Kier molecular flexibility index (Phi) is 4.18. The molecule has 0 spiro atoms. The molecule has 2 atom stereocenters. The fourth-order valence-electron chi connectivity index (χ4n) is 1.64. The topological polar surface area (TPSA) is 69.6 Å². The highest BCUT2D eigenvalue weighted by Gasteiger charge is 2.25. The van der Waals surface area contributed by atoms with Crippen molar-refractivity contribution in [3.63, 3.8) is 0 Å². The molecular weight excluding hydrogens is 170 g/mol. The number of aliphatic hydroxyl groups excluding tert-OH is 1. The van der Waals surface area contributed by atoms with Gasteiger partial charge in [0.2, 0.25) is 0 Å². The number of carboxylic acids is 1. The van der Waals surface area contributed by atoms with E-state index in [9.17, 15) is 9.90 Å². The molecule has 1 rings (SSSR count). The molecule has 3 N–H and O–H groups in total. The van der Waals surface area contributed by atoms with Gasteiger partial charge in [-0.15, -0.1) is 0 Å². The molecule has 4 nitrogen and oxygen atoms in total. The zero-order chi connectivity index (χ0) is 9.68. The Morgan fingerprint density at radius 2 is 1.92 bits per heavy atom. The number of hydrogen-bond donors (Lipinski definition) is 3. The molecule has 0 aromatic carbocycles. The van der Waals surface area contributed by atoms with E-state index in [2.05, 4.69) is 5.32 Å². The lowest BCUT2D eigenvalue weighted by Crippen LogP contribution is -2.46. The molecule has 1 heterocycles. The molecule has 1 fully saturated rings. The summed E-state index contributed by atoms with van der Waals surface area (Å²) in [5.74, 6) is -0.950. The normalized spacial score (nSPS) is 31.5. The van der Waals surface area contributed by atoms with E-state index in [4.69, 9.17) is 5.11 Å². The first kappa shape index (κ1) is 10.5. The Morgan fingerprint density at radius 1 is 1.23 bits per heavy atom. The van der Waals surface area contributed by atoms with E-state index in [0.717, 1.165) is 25.7 Å². The summed E-state index contributed by atoms with van der Waals surface area (Å²) in [6.45, 7) is 0.689. The highest BCUT2D eigenvalue weighted by molar-refractivity contribution is 5.74. The Bertz CT molecular complexity index is 172. The second-order valence-electron chi connectivity index (χ2n) is 3.54. The summed E-state index contributed by atoms with van der Waals surface area (Å²) in [4.78, 5) is 10.7. The molecule has 0 aromatic rings. The molecular formula is C9H17NO3. The van der Waals surface area contributed by atoms with Crippen molar-refractivity contribution in [3.05, 3.63) is 0 Å². The summed E-state index contributed by atoms with van der Waals surface area (Å²) in [5, 5.41) is 21.2. The van der Waals surface area contributed by atoms with Crippen molar-refractivity contribution in [1.29, 1.82) is 0 Å². The molecule has 0 aromatic heterocycles. The molecule has 0 bridgehead atoms. The van der Waals surface area contributed by atoms with Crippen LogP contribution in [0.25, 0.3) is 0 Å². The van der Waals surface area contributed by atoms with E-state index in [1.54, 1.807) is 0 Å². The molecule has 1 aliphatic heterocycles. The van der Waals surface area contributed by atoms with Gasteiger partial charge >= 0.3 is 5.97 Å². The van der Waals surface area contributed by atoms with Crippen LogP contribution in [-0.4, -0.2) is 34.9 Å². The van der Waals surface area contributed by atoms with Crippen molar-refractivity contribution in [2.24, 2.45) is 0 Å². The second-order valence-corrected chi connectivity index (χ2v) is 3.54. The van der Waals surface area contributed by atoms with Crippen LogP contribution in [0.4, 0.5) is 0 Å². The van der Waals surface area contributed by atoms with Gasteiger partial charge in [0.25, 0.3) is 0 Å². The second kappa shape index (κ2) is 5.19. The molecule has 0 aliphatic carbocycles. The quantitative estimate of drug-likeness (QED) is 0.554. The standard InChI is InChI=1S/C9H17NO3/c11-7-5-3-1-2-4-6-10-8(7)9(12)13/h7-8,10-11H,1-6H2,(H,12,13). The van der Waals surface area contributed by atoms with Crippen molar-refractivity contribution in [2.45, 2.75) is 44.2 Å². The third-order valence-electron chi connectivity index (χ3n) is 2.44. The maximum Gasteiger partial charge on any atom is 0.323 e. The van der Waals surface area contributed by atoms with E-state index >= 15 is 0 Å². The lowest BCUT2D eigenvalue weighted by atomic mass is 10.1. The summed E-state index contributed by atoms with van der Waals surface area (Å²) in [5.41, 5.74) is 0. The van der Waals surface area contributed by atoms with Gasteiger partial charge in [0.1, 0.15) is 6.04 Å². The van der Waals surface area contributed by atoms with Crippen molar-refractivity contribution in [2.75, 3.05) is 6.54 Å². The van der Waals surface area contributed by atoms with Gasteiger partial charge in [-0.2, -0.15) is 0 Å². The Hall–Kier alpha value is -0.610. The third-order valence-corrected chi connectivity index (χ3v) is 2.44. The molecule has 13 heavy (non-hydrogen) atoms. The first-order chi connectivity index (χ1) is 6.22. The fraction of sp³-hybridized carbons (Fsp3) is 0.889. The number of aliphatic hydroxyl groups is 1. The van der Waals surface area contributed by atoms with Gasteiger partial charge in [0.15, 0.2) is 0 Å². The Morgan fingerprint density at radius 3 is 2.62 bits per heavy atom. The van der Waals surface area contributed by atoms with E-state index in [1.807, 2.05) is 0 Å². The zero-order valence-electron chi connectivity index (χ0n) is 7.70. The third kappa shape index (κ3) is 3.32. The minimum atomic E-state index is -0.950. The van der Waals surface area contributed by atoms with Crippen LogP contribution in [0.15, 0.2) is 0 Å². The van der Waals surface area contributed by atoms with Crippen LogP contribution in [0.5, 0.6) is 0 Å². The van der Waals surface area contributed by atoms with Gasteiger partial charge in [0.05, 0.1) is 6.10 Å². The van der Waals surface area contributed by atoms with Crippen LogP contribution in [-0.2, 0) is 4.79 Å². The van der Waals surface area contributed by atoms with E-state index in [1.165, 1.54) is 0 Å². The molecule has 2 unspecified atom stereocenters. The monoisotopic (exact) mass is 187 g/mol. The molecule has 1 aliphatic rings. The van der Waals surface area contributed by atoms with Crippen molar-refractivity contribution in [1.82, 2.24) is 5.32 Å². The van der Waals surface area contributed by atoms with Gasteiger partial charge < -0.3 is 15.5 Å². The summed E-state index contributed by atoms with van der Waals surface area (Å²) in [7, 11) is 0. The predicted molar refractivity (Wildman–Crippen MR) is 48.5 cm³/mol. The number of nitrogens with one attached hydrogen (secondary N) is 1. The minimum absolute atomic E-state index is 0.587. The average Bonchev–Trinajstić information content (AvgIpc) is 2.16. The van der Waals surface area contributed by atoms with Crippen LogP contribution < -0.4 is 5.32 Å². The Balaban J connectivity index is 2.50. The highest BCUT2D eigenvalue weighted by atomic mass is 16.4. The predicted octanol–water partition coefficient (Wildman–Crippen LogP) is 0.354. The van der Waals surface area contributed by atoms with Crippen molar-refractivity contribution >= 4 is 5.97 Å². The van der Waals surface area contributed by atoms with Crippen LogP contribution in [0, 0.1) is 0 Å². The van der Waals surface area contributed by atoms with E-state index < -0.39 is 18.1 Å². The van der Waals surface area contributed by atoms with Gasteiger partial charge in [-0.3, -0.25) is 4.79 Å². The summed E-state index contributed by atoms with van der Waals surface area (Å²) >= 11 is 0. The van der Waals surface area contributed by atoms with E-state index in [0.29, 0.717) is 13.0 Å². The number of hydrogen-bond acceptors (Lipinski definition) is 3. The van der Waals surface area contributed by atoms with Gasteiger partial charge in [-0.25, -0.2) is 0 Å². The summed E-state index contributed by atoms with van der Waals surface area (Å²) in [6, 6.07) is -0.780. The van der Waals surface area contributed by atoms with Crippen molar-refractivity contribution < 1.29 is 15.0 Å². The molecule has 76 valence electrons. The van der Waals surface area contributed by atoms with E-state index in [-0.39, 0.29) is 0 Å². The van der Waals surface area contributed by atoms with Gasteiger partial charge in [-0.05, 0) is 19.4 Å². The lowest BCUT2D eigenvalue weighted by molar-refractivity contribution is -0.142. The summed E-state index contributed by atoms with van der Waals surface area (Å²) < 4.78 is 0. The minimum Gasteiger partial charge on any atom is -0.480 e. The fourth-order valence-corrected chi connectivity index (χ4v) is 1.64. The number of rotatable bonds is 1. The number of carboxylic acid groups (broad SMARTS) is 1. The van der Waals surface area contributed by atoms with Crippen LogP contribution in [0.2, 0.25) is 0 Å². The molecule has 0 amide bonds. The molecule has 0 saturated carbocycles. The van der Waals surface area contributed by atoms with Crippen LogP contribution in [0.3, 0.4) is 0 Å². The van der Waals surface area contributed by atoms with Crippen LogP contribution in [0.1, 0.15) is 32.1 Å². The van der Waals surface area contributed by atoms with Gasteiger partial charge in [-0.1, -0.05) is 19.3 Å². The smallest absolute Gasteiger partial charge is 0.323 e. The number of aliphatic carboxylic acids is 1. The number of carbonyl (C=O) groups is 1. The van der Waals surface area contributed by atoms with Crippen molar-refractivity contribution in [3.8, 4) is 0 Å². The first-order valence-corrected chi connectivity index (χ1v) is 4.86.